The second-order valence-electron chi connectivity index (χ2n) is 4.71. The zero-order valence-corrected chi connectivity index (χ0v) is 11.9. The Labute approximate surface area is 115 Å². The largest absolute Gasteiger partial charge is 0.370 e. The fourth-order valence-electron chi connectivity index (χ4n) is 1.97. The van der Waals surface area contributed by atoms with Crippen molar-refractivity contribution in [2.45, 2.75) is 33.6 Å². The second kappa shape index (κ2) is 6.32. The summed E-state index contributed by atoms with van der Waals surface area (Å²) in [5, 5.41) is 3.27. The lowest BCUT2D eigenvalue weighted by atomic mass is 10.1. The second-order valence-corrected chi connectivity index (χ2v) is 4.71. The number of nitrogens with zero attached hydrogens (tertiary/aromatic N) is 2. The van der Waals surface area contributed by atoms with Gasteiger partial charge in [0.25, 0.3) is 0 Å². The van der Waals surface area contributed by atoms with Crippen molar-refractivity contribution in [3.63, 3.8) is 0 Å². The van der Waals surface area contributed by atoms with E-state index in [0.717, 1.165) is 36.7 Å². The van der Waals surface area contributed by atoms with Gasteiger partial charge >= 0.3 is 0 Å². The first-order valence-corrected chi connectivity index (χ1v) is 6.87. The molecule has 0 amide bonds. The molecular weight excluding hydrogens is 234 g/mol. The first-order chi connectivity index (χ1) is 9.21. The van der Waals surface area contributed by atoms with Crippen LogP contribution in [0.4, 0.5) is 5.82 Å². The first-order valence-electron chi connectivity index (χ1n) is 6.87. The van der Waals surface area contributed by atoms with Crippen molar-refractivity contribution < 1.29 is 0 Å². The molecule has 0 fully saturated rings. The van der Waals surface area contributed by atoms with Gasteiger partial charge in [-0.3, -0.25) is 0 Å². The third-order valence-corrected chi connectivity index (χ3v) is 3.03. The standard InChI is InChI=1S/C16H21N3/c1-4-14-11-15(17-5-2)19-16(18-14)10-13-8-6-12(3)7-9-13/h6-9,11H,4-5,10H2,1-3H3,(H,17,18,19). The van der Waals surface area contributed by atoms with Crippen molar-refractivity contribution in [1.82, 2.24) is 9.97 Å². The normalized spacial score (nSPS) is 10.5. The summed E-state index contributed by atoms with van der Waals surface area (Å²) in [7, 11) is 0. The Kier molecular flexibility index (Phi) is 4.50. The molecule has 19 heavy (non-hydrogen) atoms. The summed E-state index contributed by atoms with van der Waals surface area (Å²) < 4.78 is 0. The van der Waals surface area contributed by atoms with Gasteiger partial charge in [-0.2, -0.15) is 0 Å². The van der Waals surface area contributed by atoms with Crippen LogP contribution >= 0.6 is 0 Å². The Morgan fingerprint density at radius 2 is 1.79 bits per heavy atom. The zero-order chi connectivity index (χ0) is 13.7. The van der Waals surface area contributed by atoms with Crippen molar-refractivity contribution in [2.24, 2.45) is 0 Å². The zero-order valence-electron chi connectivity index (χ0n) is 11.9. The fourth-order valence-corrected chi connectivity index (χ4v) is 1.97. The predicted octanol–water partition coefficient (Wildman–Crippen LogP) is 3.37. The van der Waals surface area contributed by atoms with Gasteiger partial charge in [0.2, 0.25) is 0 Å². The Morgan fingerprint density at radius 1 is 1.05 bits per heavy atom. The molecule has 1 N–H and O–H groups in total. The van der Waals surface area contributed by atoms with Crippen LogP contribution in [0, 0.1) is 6.92 Å². The molecule has 2 rings (SSSR count). The van der Waals surface area contributed by atoms with E-state index in [1.54, 1.807) is 0 Å². The van der Waals surface area contributed by atoms with Gasteiger partial charge in [-0.15, -0.1) is 0 Å². The maximum atomic E-state index is 4.60. The maximum Gasteiger partial charge on any atom is 0.135 e. The van der Waals surface area contributed by atoms with Crippen LogP contribution in [0.25, 0.3) is 0 Å². The van der Waals surface area contributed by atoms with Gasteiger partial charge in [0.05, 0.1) is 0 Å². The van der Waals surface area contributed by atoms with Crippen LogP contribution < -0.4 is 5.32 Å². The molecule has 0 spiro atoms. The van der Waals surface area contributed by atoms with E-state index < -0.39 is 0 Å². The van der Waals surface area contributed by atoms with Crippen LogP contribution in [-0.4, -0.2) is 16.5 Å². The Morgan fingerprint density at radius 3 is 2.42 bits per heavy atom. The quantitative estimate of drug-likeness (QED) is 0.890. The van der Waals surface area contributed by atoms with Crippen LogP contribution in [0.5, 0.6) is 0 Å². The average molecular weight is 255 g/mol. The summed E-state index contributed by atoms with van der Waals surface area (Å²) in [6.45, 7) is 7.17. The summed E-state index contributed by atoms with van der Waals surface area (Å²) in [5.74, 6) is 1.82. The molecule has 3 heteroatoms. The number of rotatable bonds is 5. The fraction of sp³-hybridized carbons (Fsp3) is 0.375. The summed E-state index contributed by atoms with van der Waals surface area (Å²) in [4.78, 5) is 9.17. The molecule has 0 unspecified atom stereocenters. The molecular formula is C16H21N3. The number of anilines is 1. The van der Waals surface area contributed by atoms with Gasteiger partial charge in [-0.05, 0) is 25.8 Å². The highest BCUT2D eigenvalue weighted by atomic mass is 15.0. The van der Waals surface area contributed by atoms with E-state index in [9.17, 15) is 0 Å². The lowest BCUT2D eigenvalue weighted by molar-refractivity contribution is 0.903. The molecule has 3 nitrogen and oxygen atoms in total. The lowest BCUT2D eigenvalue weighted by Gasteiger charge is -2.08. The minimum absolute atomic E-state index is 0.784. The Hall–Kier alpha value is -1.90. The SMILES string of the molecule is CCNc1cc(CC)nc(Cc2ccc(C)cc2)n1. The third-order valence-electron chi connectivity index (χ3n) is 3.03. The molecule has 0 radical (unpaired) electrons. The highest BCUT2D eigenvalue weighted by molar-refractivity contribution is 5.37. The molecule has 2 aromatic rings. The maximum absolute atomic E-state index is 4.60. The van der Waals surface area contributed by atoms with Crippen LogP contribution in [0.15, 0.2) is 30.3 Å². The van der Waals surface area contributed by atoms with Gasteiger partial charge in [0.15, 0.2) is 0 Å². The minimum atomic E-state index is 0.784. The molecule has 0 aliphatic rings. The highest BCUT2D eigenvalue weighted by Crippen LogP contribution is 2.12. The topological polar surface area (TPSA) is 37.8 Å². The number of hydrogen-bond acceptors (Lipinski definition) is 3. The molecule has 1 heterocycles. The van der Waals surface area contributed by atoms with Crippen molar-refractivity contribution in [3.8, 4) is 0 Å². The molecule has 1 aromatic carbocycles. The summed E-state index contributed by atoms with van der Waals surface area (Å²) in [6, 6.07) is 10.6. The summed E-state index contributed by atoms with van der Waals surface area (Å²) in [6.07, 6.45) is 1.72. The van der Waals surface area contributed by atoms with Gasteiger partial charge < -0.3 is 5.32 Å². The van der Waals surface area contributed by atoms with Crippen LogP contribution in [0.1, 0.15) is 36.5 Å². The highest BCUT2D eigenvalue weighted by Gasteiger charge is 2.04. The molecule has 0 saturated heterocycles. The van der Waals surface area contributed by atoms with E-state index in [1.165, 1.54) is 11.1 Å². The number of aromatic nitrogens is 2. The number of benzene rings is 1. The van der Waals surface area contributed by atoms with Crippen LogP contribution in [0.3, 0.4) is 0 Å². The van der Waals surface area contributed by atoms with Crippen LogP contribution in [-0.2, 0) is 12.8 Å². The number of hydrogen-bond donors (Lipinski definition) is 1. The predicted molar refractivity (Wildman–Crippen MR) is 79.6 cm³/mol. The smallest absolute Gasteiger partial charge is 0.135 e. The Balaban J connectivity index is 2.23. The number of aryl methyl sites for hydroxylation is 2. The van der Waals surface area contributed by atoms with E-state index in [4.69, 9.17) is 0 Å². The molecule has 1 aromatic heterocycles. The van der Waals surface area contributed by atoms with Gasteiger partial charge in [0, 0.05) is 24.7 Å². The van der Waals surface area contributed by atoms with Gasteiger partial charge in [-0.1, -0.05) is 36.8 Å². The van der Waals surface area contributed by atoms with Crippen molar-refractivity contribution in [1.29, 1.82) is 0 Å². The van der Waals surface area contributed by atoms with Gasteiger partial charge in [0.1, 0.15) is 11.6 Å². The lowest BCUT2D eigenvalue weighted by Crippen LogP contribution is -2.06. The third kappa shape index (κ3) is 3.78. The van der Waals surface area contributed by atoms with E-state index in [-0.39, 0.29) is 0 Å². The molecule has 0 aliphatic carbocycles. The van der Waals surface area contributed by atoms with E-state index in [2.05, 4.69) is 60.3 Å². The first kappa shape index (κ1) is 13.5. The summed E-state index contributed by atoms with van der Waals surface area (Å²) in [5.41, 5.74) is 3.62. The van der Waals surface area contributed by atoms with Crippen molar-refractivity contribution in [3.05, 3.63) is 53.0 Å². The summed E-state index contributed by atoms with van der Waals surface area (Å²) >= 11 is 0. The van der Waals surface area contributed by atoms with E-state index in [1.807, 2.05) is 6.07 Å². The molecule has 0 saturated carbocycles. The van der Waals surface area contributed by atoms with E-state index >= 15 is 0 Å². The minimum Gasteiger partial charge on any atom is -0.370 e. The monoisotopic (exact) mass is 255 g/mol. The van der Waals surface area contributed by atoms with Crippen LogP contribution in [0.2, 0.25) is 0 Å². The molecule has 0 bridgehead atoms. The Bertz CT molecular complexity index is 532. The van der Waals surface area contributed by atoms with Crippen molar-refractivity contribution >= 4 is 5.82 Å². The van der Waals surface area contributed by atoms with Gasteiger partial charge in [-0.25, -0.2) is 9.97 Å². The van der Waals surface area contributed by atoms with E-state index in [0.29, 0.717) is 0 Å². The molecule has 100 valence electrons. The van der Waals surface area contributed by atoms with Crippen molar-refractivity contribution in [2.75, 3.05) is 11.9 Å². The average Bonchev–Trinajstić information content (AvgIpc) is 2.41. The molecule has 0 atom stereocenters. The number of nitrogens with one attached hydrogen (secondary N) is 1. The molecule has 0 aliphatic heterocycles.